The molecule has 1 amide bonds. The molecule has 0 aliphatic carbocycles. The molecule has 0 N–H and O–H groups in total. The summed E-state index contributed by atoms with van der Waals surface area (Å²) in [6.45, 7) is 2.02. The third-order valence-corrected chi connectivity index (χ3v) is 2.87. The van der Waals surface area contributed by atoms with Gasteiger partial charge in [0.25, 0.3) is 0 Å². The summed E-state index contributed by atoms with van der Waals surface area (Å²) in [6, 6.07) is 2.98. The lowest BCUT2D eigenvalue weighted by molar-refractivity contribution is -0.385. The van der Waals surface area contributed by atoms with Crippen molar-refractivity contribution in [3.63, 3.8) is 0 Å². The number of rotatable bonds is 2. The molecule has 0 bridgehead atoms. The Morgan fingerprint density at radius 1 is 1.53 bits per heavy atom. The Balaban J connectivity index is 2.57. The molecular weight excluding hydrogens is 224 g/mol. The van der Waals surface area contributed by atoms with Gasteiger partial charge < -0.3 is 9.64 Å². The number of anilines is 1. The van der Waals surface area contributed by atoms with Crippen LogP contribution in [0.1, 0.15) is 12.5 Å². The van der Waals surface area contributed by atoms with Gasteiger partial charge in [-0.25, -0.2) is 0 Å². The first-order chi connectivity index (χ1) is 8.06. The van der Waals surface area contributed by atoms with Gasteiger partial charge in [0.1, 0.15) is 0 Å². The maximum Gasteiger partial charge on any atom is 0.311 e. The third kappa shape index (κ3) is 1.71. The van der Waals surface area contributed by atoms with Crippen molar-refractivity contribution in [1.29, 1.82) is 0 Å². The van der Waals surface area contributed by atoms with Gasteiger partial charge in [-0.15, -0.1) is 0 Å². The van der Waals surface area contributed by atoms with Crippen LogP contribution in [0.25, 0.3) is 0 Å². The topological polar surface area (TPSA) is 72.7 Å². The smallest absolute Gasteiger partial charge is 0.311 e. The summed E-state index contributed by atoms with van der Waals surface area (Å²) in [5.74, 6) is 0.191. The average molecular weight is 236 g/mol. The van der Waals surface area contributed by atoms with Gasteiger partial charge in [0.2, 0.25) is 11.7 Å². The number of ether oxygens (including phenoxy) is 1. The molecule has 0 atom stereocenters. The fourth-order valence-corrected chi connectivity index (χ4v) is 2.14. The number of carbonyl (C=O) groups is 1. The van der Waals surface area contributed by atoms with E-state index >= 15 is 0 Å². The zero-order valence-electron chi connectivity index (χ0n) is 9.60. The molecular formula is C11H12N2O4. The summed E-state index contributed by atoms with van der Waals surface area (Å²) in [6.07, 6.45) is 0.583. The van der Waals surface area contributed by atoms with E-state index in [1.54, 1.807) is 11.0 Å². The second-order valence-corrected chi connectivity index (χ2v) is 3.79. The number of fused-ring (bicyclic) bond motifs is 1. The van der Waals surface area contributed by atoms with Gasteiger partial charge in [0, 0.05) is 25.1 Å². The van der Waals surface area contributed by atoms with Gasteiger partial charge in [0.15, 0.2) is 0 Å². The number of hydrogen-bond donors (Lipinski definition) is 0. The molecule has 90 valence electrons. The number of methoxy groups -OCH3 is 1. The largest absolute Gasteiger partial charge is 0.490 e. The van der Waals surface area contributed by atoms with Crippen LogP contribution in [0.5, 0.6) is 5.75 Å². The highest BCUT2D eigenvalue weighted by Crippen LogP contribution is 2.41. The summed E-state index contributed by atoms with van der Waals surface area (Å²) < 4.78 is 5.10. The predicted octanol–water partition coefficient (Wildman–Crippen LogP) is 1.51. The molecule has 1 aromatic carbocycles. The van der Waals surface area contributed by atoms with Crippen molar-refractivity contribution in [2.45, 2.75) is 13.3 Å². The molecule has 0 spiro atoms. The van der Waals surface area contributed by atoms with E-state index in [9.17, 15) is 14.9 Å². The molecule has 0 saturated carbocycles. The predicted molar refractivity (Wildman–Crippen MR) is 61.4 cm³/mol. The van der Waals surface area contributed by atoms with Crippen molar-refractivity contribution in [3.8, 4) is 5.75 Å². The van der Waals surface area contributed by atoms with Crippen molar-refractivity contribution < 1.29 is 14.5 Å². The monoisotopic (exact) mass is 236 g/mol. The van der Waals surface area contributed by atoms with Crippen LogP contribution < -0.4 is 9.64 Å². The Labute approximate surface area is 97.9 Å². The second-order valence-electron chi connectivity index (χ2n) is 3.79. The van der Waals surface area contributed by atoms with Crippen LogP contribution in [-0.2, 0) is 11.2 Å². The Morgan fingerprint density at radius 2 is 2.24 bits per heavy atom. The van der Waals surface area contributed by atoms with E-state index in [4.69, 9.17) is 4.74 Å². The molecule has 17 heavy (non-hydrogen) atoms. The lowest BCUT2D eigenvalue weighted by Crippen LogP contribution is -2.25. The van der Waals surface area contributed by atoms with Crippen LogP contribution in [0.15, 0.2) is 12.1 Å². The molecule has 0 fully saturated rings. The first-order valence-electron chi connectivity index (χ1n) is 5.18. The summed E-state index contributed by atoms with van der Waals surface area (Å²) in [4.78, 5) is 23.3. The van der Waals surface area contributed by atoms with Gasteiger partial charge in [0.05, 0.1) is 17.7 Å². The number of nitro benzene ring substituents is 1. The zero-order chi connectivity index (χ0) is 12.6. The quantitative estimate of drug-likeness (QED) is 0.576. The summed E-state index contributed by atoms with van der Waals surface area (Å²) in [5, 5.41) is 10.8. The fourth-order valence-electron chi connectivity index (χ4n) is 2.14. The molecule has 1 aliphatic rings. The highest BCUT2D eigenvalue weighted by atomic mass is 16.6. The number of nitrogens with zero attached hydrogens (tertiary/aromatic N) is 2. The van der Waals surface area contributed by atoms with Gasteiger partial charge >= 0.3 is 5.69 Å². The molecule has 1 aliphatic heterocycles. The van der Waals surface area contributed by atoms with Gasteiger partial charge in [-0.05, 0) is 12.5 Å². The fraction of sp³-hybridized carbons (Fsp3) is 0.364. The highest BCUT2D eigenvalue weighted by Gasteiger charge is 2.30. The molecule has 6 nitrogen and oxygen atoms in total. The lowest BCUT2D eigenvalue weighted by Gasteiger charge is -2.15. The number of amides is 1. The van der Waals surface area contributed by atoms with Crippen LogP contribution >= 0.6 is 0 Å². The first-order valence-corrected chi connectivity index (χ1v) is 5.18. The normalized spacial score (nSPS) is 13.4. The van der Waals surface area contributed by atoms with E-state index in [-0.39, 0.29) is 17.3 Å². The van der Waals surface area contributed by atoms with Gasteiger partial charge in [-0.1, -0.05) is 0 Å². The van der Waals surface area contributed by atoms with Crippen molar-refractivity contribution in [2.24, 2.45) is 0 Å². The Kier molecular flexibility index (Phi) is 2.71. The molecule has 0 unspecified atom stereocenters. The van der Waals surface area contributed by atoms with E-state index < -0.39 is 4.92 Å². The van der Waals surface area contributed by atoms with Crippen LogP contribution in [0.3, 0.4) is 0 Å². The highest BCUT2D eigenvalue weighted by molar-refractivity contribution is 5.94. The molecule has 2 rings (SSSR count). The first kappa shape index (κ1) is 11.4. The Bertz CT molecular complexity index is 498. The summed E-state index contributed by atoms with van der Waals surface area (Å²) in [5.41, 5.74) is 1.38. The van der Waals surface area contributed by atoms with Crippen LogP contribution in [0, 0.1) is 10.1 Å². The number of benzene rings is 1. The summed E-state index contributed by atoms with van der Waals surface area (Å²) >= 11 is 0. The minimum Gasteiger partial charge on any atom is -0.490 e. The van der Waals surface area contributed by atoms with Crippen molar-refractivity contribution in [3.05, 3.63) is 27.8 Å². The third-order valence-electron chi connectivity index (χ3n) is 2.87. The van der Waals surface area contributed by atoms with E-state index in [1.165, 1.54) is 20.1 Å². The Morgan fingerprint density at radius 3 is 2.76 bits per heavy atom. The van der Waals surface area contributed by atoms with Crippen LogP contribution in [0.4, 0.5) is 11.4 Å². The molecule has 1 aromatic rings. The SMILES string of the molecule is COc1c([N+](=O)[O-])ccc2c1CCN2C(C)=O. The van der Waals surface area contributed by atoms with Gasteiger partial charge in [-0.3, -0.25) is 14.9 Å². The number of nitro groups is 1. The van der Waals surface area contributed by atoms with E-state index in [0.717, 1.165) is 5.56 Å². The van der Waals surface area contributed by atoms with E-state index in [0.29, 0.717) is 18.7 Å². The lowest BCUT2D eigenvalue weighted by atomic mass is 10.1. The molecule has 6 heteroatoms. The van der Waals surface area contributed by atoms with Gasteiger partial charge in [-0.2, -0.15) is 0 Å². The van der Waals surface area contributed by atoms with Crippen molar-refractivity contribution in [1.82, 2.24) is 0 Å². The standard InChI is InChI=1S/C11H12N2O4/c1-7(14)12-6-5-8-9(12)3-4-10(13(15)16)11(8)17-2/h3-4H,5-6H2,1-2H3. The van der Waals surface area contributed by atoms with Crippen LogP contribution in [0.2, 0.25) is 0 Å². The minimum atomic E-state index is -0.477. The minimum absolute atomic E-state index is 0.0587. The Hall–Kier alpha value is -2.11. The average Bonchev–Trinajstić information content (AvgIpc) is 2.70. The van der Waals surface area contributed by atoms with Crippen molar-refractivity contribution >= 4 is 17.3 Å². The molecule has 0 saturated heterocycles. The van der Waals surface area contributed by atoms with Crippen LogP contribution in [-0.4, -0.2) is 24.5 Å². The molecule has 0 aromatic heterocycles. The maximum atomic E-state index is 11.4. The number of carbonyl (C=O) groups excluding carboxylic acids is 1. The van der Waals surface area contributed by atoms with Crippen molar-refractivity contribution in [2.75, 3.05) is 18.6 Å². The van der Waals surface area contributed by atoms with E-state index in [2.05, 4.69) is 0 Å². The molecule has 0 radical (unpaired) electrons. The number of hydrogen-bond acceptors (Lipinski definition) is 4. The second kappa shape index (κ2) is 4.04. The molecule has 1 heterocycles. The maximum absolute atomic E-state index is 11.4. The zero-order valence-corrected chi connectivity index (χ0v) is 9.60. The van der Waals surface area contributed by atoms with E-state index in [1.807, 2.05) is 0 Å². The summed E-state index contributed by atoms with van der Waals surface area (Å²) in [7, 11) is 1.40.